The number of rotatable bonds is 5. The van der Waals surface area contributed by atoms with E-state index in [2.05, 4.69) is 26.8 Å². The lowest BCUT2D eigenvalue weighted by Gasteiger charge is -2.28. The van der Waals surface area contributed by atoms with Crippen LogP contribution in [0, 0.1) is 17.2 Å². The summed E-state index contributed by atoms with van der Waals surface area (Å²) < 4.78 is 38.5. The van der Waals surface area contributed by atoms with Crippen molar-refractivity contribution in [3.63, 3.8) is 0 Å². The Morgan fingerprint density at radius 3 is 2.52 bits per heavy atom. The van der Waals surface area contributed by atoms with E-state index in [0.29, 0.717) is 0 Å². The van der Waals surface area contributed by atoms with E-state index in [-0.39, 0.29) is 17.3 Å². The molecule has 2 unspecified atom stereocenters. The van der Waals surface area contributed by atoms with Gasteiger partial charge in [-0.2, -0.15) is 23.2 Å². The zero-order valence-corrected chi connectivity index (χ0v) is 15.2. The predicted molar refractivity (Wildman–Crippen MR) is 90.0 cm³/mol. The molecule has 1 amide bonds. The lowest BCUT2D eigenvalue weighted by Crippen LogP contribution is -2.50. The molecule has 0 saturated carbocycles. The van der Waals surface area contributed by atoms with Crippen molar-refractivity contribution in [2.24, 2.45) is 5.92 Å². The van der Waals surface area contributed by atoms with E-state index in [1.54, 1.807) is 20.8 Å². The molecule has 0 saturated heterocycles. The monoisotopic (exact) mass is 380 g/mol. The van der Waals surface area contributed by atoms with Crippen molar-refractivity contribution in [1.82, 2.24) is 25.5 Å². The molecule has 0 aliphatic rings. The fraction of sp³-hybridized carbons (Fsp3) is 0.471. The molecule has 27 heavy (non-hydrogen) atoms. The standard InChI is InChI=1S/C17H19F3N6O/c1-10(2)16(4,9-21)22-15(27)11(3)26-24-14(23-25-26)12-6-5-7-13(8-12)17(18,19)20/h5-8,10-11H,1-4H3,(H,22,27). The maximum atomic E-state index is 12.8. The van der Waals surface area contributed by atoms with Gasteiger partial charge in [0.15, 0.2) is 0 Å². The minimum Gasteiger partial charge on any atom is -0.336 e. The molecule has 0 aliphatic heterocycles. The van der Waals surface area contributed by atoms with Gasteiger partial charge in [0.2, 0.25) is 11.7 Å². The highest BCUT2D eigenvalue weighted by Gasteiger charge is 2.33. The molecule has 1 N–H and O–H groups in total. The summed E-state index contributed by atoms with van der Waals surface area (Å²) in [5, 5.41) is 23.4. The molecule has 0 fully saturated rings. The number of nitrogens with one attached hydrogen (secondary N) is 1. The zero-order chi connectivity index (χ0) is 20.4. The largest absolute Gasteiger partial charge is 0.416 e. The minimum atomic E-state index is -4.49. The van der Waals surface area contributed by atoms with Crippen molar-refractivity contribution in [3.05, 3.63) is 29.8 Å². The molecular weight excluding hydrogens is 361 g/mol. The van der Waals surface area contributed by atoms with Crippen LogP contribution >= 0.6 is 0 Å². The number of amides is 1. The van der Waals surface area contributed by atoms with Crippen LogP contribution in [0.2, 0.25) is 0 Å². The minimum absolute atomic E-state index is 0.0346. The Morgan fingerprint density at radius 2 is 1.96 bits per heavy atom. The maximum absolute atomic E-state index is 12.8. The first-order valence-corrected chi connectivity index (χ1v) is 8.18. The lowest BCUT2D eigenvalue weighted by molar-refractivity contribution is -0.137. The van der Waals surface area contributed by atoms with Crippen LogP contribution in [0.5, 0.6) is 0 Å². The topological polar surface area (TPSA) is 96.5 Å². The highest BCUT2D eigenvalue weighted by atomic mass is 19.4. The summed E-state index contributed by atoms with van der Waals surface area (Å²) in [5.74, 6) is -0.670. The second kappa shape index (κ2) is 7.34. The molecule has 0 spiro atoms. The quantitative estimate of drug-likeness (QED) is 0.860. The van der Waals surface area contributed by atoms with Crippen LogP contribution in [-0.2, 0) is 11.0 Å². The Kier molecular flexibility index (Phi) is 5.54. The Morgan fingerprint density at radius 1 is 1.30 bits per heavy atom. The molecule has 2 rings (SSSR count). The van der Waals surface area contributed by atoms with Gasteiger partial charge in [-0.3, -0.25) is 4.79 Å². The van der Waals surface area contributed by atoms with E-state index in [4.69, 9.17) is 0 Å². The second-order valence-corrected chi connectivity index (χ2v) is 6.65. The smallest absolute Gasteiger partial charge is 0.336 e. The van der Waals surface area contributed by atoms with Crippen LogP contribution in [0.15, 0.2) is 24.3 Å². The Balaban J connectivity index is 2.23. The Labute approximate surface area is 154 Å². The van der Waals surface area contributed by atoms with Crippen LogP contribution in [0.3, 0.4) is 0 Å². The molecule has 10 heteroatoms. The van der Waals surface area contributed by atoms with Gasteiger partial charge in [0, 0.05) is 5.56 Å². The normalized spacial score (nSPS) is 15.1. The number of nitrogens with zero attached hydrogens (tertiary/aromatic N) is 5. The first-order valence-electron chi connectivity index (χ1n) is 8.18. The number of tetrazole rings is 1. The third-order valence-corrected chi connectivity index (χ3v) is 4.37. The fourth-order valence-electron chi connectivity index (χ4n) is 2.11. The van der Waals surface area contributed by atoms with Gasteiger partial charge in [-0.25, -0.2) is 0 Å². The lowest BCUT2D eigenvalue weighted by atomic mass is 9.90. The summed E-state index contributed by atoms with van der Waals surface area (Å²) in [6, 6.07) is 5.69. The molecular formula is C17H19F3N6O. The first-order chi connectivity index (χ1) is 12.5. The van der Waals surface area contributed by atoms with Gasteiger partial charge in [-0.1, -0.05) is 26.0 Å². The maximum Gasteiger partial charge on any atom is 0.416 e. The number of carbonyl (C=O) groups excluding carboxylic acids is 1. The molecule has 144 valence electrons. The van der Waals surface area contributed by atoms with E-state index in [1.807, 2.05) is 0 Å². The summed E-state index contributed by atoms with van der Waals surface area (Å²) in [5.41, 5.74) is -1.77. The molecule has 7 nitrogen and oxygen atoms in total. The third-order valence-electron chi connectivity index (χ3n) is 4.37. The summed E-state index contributed by atoms with van der Waals surface area (Å²) in [7, 11) is 0. The van der Waals surface area contributed by atoms with Crippen LogP contribution in [0.25, 0.3) is 11.4 Å². The molecule has 2 atom stereocenters. The van der Waals surface area contributed by atoms with Gasteiger partial charge in [-0.05, 0) is 37.1 Å². The van der Waals surface area contributed by atoms with Crippen molar-refractivity contribution in [2.45, 2.75) is 45.5 Å². The van der Waals surface area contributed by atoms with Crippen LogP contribution in [0.1, 0.15) is 39.3 Å². The number of carbonyl (C=O) groups is 1. The Bertz CT molecular complexity index is 870. The van der Waals surface area contributed by atoms with Crippen LogP contribution in [0.4, 0.5) is 13.2 Å². The number of hydrogen-bond donors (Lipinski definition) is 1. The van der Waals surface area contributed by atoms with Crippen molar-refractivity contribution in [3.8, 4) is 17.5 Å². The SMILES string of the molecule is CC(C(=O)NC(C)(C#N)C(C)C)n1nnc(-c2cccc(C(F)(F)F)c2)n1. The van der Waals surface area contributed by atoms with E-state index in [1.165, 1.54) is 19.1 Å². The molecule has 2 aromatic rings. The summed E-state index contributed by atoms with van der Waals surface area (Å²) in [6.07, 6.45) is -4.49. The van der Waals surface area contributed by atoms with Gasteiger partial charge in [0.1, 0.15) is 11.6 Å². The van der Waals surface area contributed by atoms with Crippen molar-refractivity contribution < 1.29 is 18.0 Å². The van der Waals surface area contributed by atoms with E-state index in [0.717, 1.165) is 16.9 Å². The fourth-order valence-corrected chi connectivity index (χ4v) is 2.11. The highest BCUT2D eigenvalue weighted by molar-refractivity contribution is 5.80. The third kappa shape index (κ3) is 4.42. The zero-order valence-electron chi connectivity index (χ0n) is 15.2. The van der Waals surface area contributed by atoms with Crippen molar-refractivity contribution in [1.29, 1.82) is 5.26 Å². The predicted octanol–water partition coefficient (Wildman–Crippen LogP) is 2.97. The van der Waals surface area contributed by atoms with Crippen molar-refractivity contribution >= 4 is 5.91 Å². The molecule has 1 heterocycles. The van der Waals surface area contributed by atoms with Crippen molar-refractivity contribution in [2.75, 3.05) is 0 Å². The number of halogens is 3. The van der Waals surface area contributed by atoms with Gasteiger partial charge >= 0.3 is 6.18 Å². The molecule has 0 aliphatic carbocycles. The van der Waals surface area contributed by atoms with Gasteiger partial charge in [0.25, 0.3) is 0 Å². The molecule has 0 radical (unpaired) electrons. The second-order valence-electron chi connectivity index (χ2n) is 6.65. The summed E-state index contributed by atoms with van der Waals surface area (Å²) >= 11 is 0. The highest BCUT2D eigenvalue weighted by Crippen LogP contribution is 2.31. The van der Waals surface area contributed by atoms with Crippen LogP contribution < -0.4 is 5.32 Å². The number of aromatic nitrogens is 4. The molecule has 1 aromatic carbocycles. The number of benzene rings is 1. The van der Waals surface area contributed by atoms with Crippen LogP contribution in [-0.4, -0.2) is 31.7 Å². The molecule has 0 bridgehead atoms. The van der Waals surface area contributed by atoms with Gasteiger partial charge in [0.05, 0.1) is 11.6 Å². The van der Waals surface area contributed by atoms with E-state index in [9.17, 15) is 23.2 Å². The van der Waals surface area contributed by atoms with Gasteiger partial charge in [-0.15, -0.1) is 10.2 Å². The number of alkyl halides is 3. The summed E-state index contributed by atoms with van der Waals surface area (Å²) in [6.45, 7) is 6.71. The average molecular weight is 380 g/mol. The van der Waals surface area contributed by atoms with E-state index < -0.39 is 29.2 Å². The molecule has 1 aromatic heterocycles. The van der Waals surface area contributed by atoms with E-state index >= 15 is 0 Å². The first kappa shape index (κ1) is 20.4. The van der Waals surface area contributed by atoms with Gasteiger partial charge < -0.3 is 5.32 Å². The Hall–Kier alpha value is -2.96. The number of hydrogen-bond acceptors (Lipinski definition) is 5. The average Bonchev–Trinajstić information content (AvgIpc) is 3.10. The number of nitriles is 1. The summed E-state index contributed by atoms with van der Waals surface area (Å²) in [4.78, 5) is 13.4.